The molecule has 136 valence electrons. The van der Waals surface area contributed by atoms with Crippen LogP contribution in [-0.2, 0) is 19.1 Å². The van der Waals surface area contributed by atoms with E-state index in [1.54, 1.807) is 18.1 Å². The average Bonchev–Trinajstić information content (AvgIpc) is 3.16. The van der Waals surface area contributed by atoms with E-state index in [4.69, 9.17) is 9.47 Å². The molecule has 0 radical (unpaired) electrons. The third kappa shape index (κ3) is 5.90. The number of hydrogen-bond acceptors (Lipinski definition) is 5. The molecule has 0 aliphatic carbocycles. The summed E-state index contributed by atoms with van der Waals surface area (Å²) in [5.74, 6) is 0.205. The van der Waals surface area contributed by atoms with Gasteiger partial charge in [-0.1, -0.05) is 18.2 Å². The Bertz CT molecular complexity index is 608. The minimum absolute atomic E-state index is 0.0289. The summed E-state index contributed by atoms with van der Waals surface area (Å²) < 4.78 is 15.6. The zero-order valence-corrected chi connectivity index (χ0v) is 14.8. The molecule has 6 heteroatoms. The molecule has 0 aromatic heterocycles. The van der Waals surface area contributed by atoms with Gasteiger partial charge in [-0.2, -0.15) is 0 Å². The smallest absolute Gasteiger partial charge is 0.307 e. The lowest BCUT2D eigenvalue weighted by molar-refractivity contribution is -0.141. The highest BCUT2D eigenvalue weighted by Gasteiger charge is 2.22. The molecular formula is C19H25NO5. The fourth-order valence-corrected chi connectivity index (χ4v) is 2.72. The lowest BCUT2D eigenvalue weighted by atomic mass is 10.1. The van der Waals surface area contributed by atoms with Gasteiger partial charge in [-0.15, -0.1) is 0 Å². The quantitative estimate of drug-likeness (QED) is 0.533. The standard InChI is InChI=1S/C19H25NO5/c1-23-17-8-4-3-6-15(17)9-10-18(21)20(12-11-19(22)24-2)14-16-7-5-13-25-16/h3-4,6,8-10,16H,5,7,11-14H2,1-2H3/b10-9+/t16-/m0/s1. The molecule has 1 atom stereocenters. The van der Waals surface area contributed by atoms with E-state index in [2.05, 4.69) is 4.74 Å². The highest BCUT2D eigenvalue weighted by Crippen LogP contribution is 2.19. The molecule has 1 amide bonds. The lowest BCUT2D eigenvalue weighted by Gasteiger charge is -2.24. The highest BCUT2D eigenvalue weighted by atomic mass is 16.5. The van der Waals surface area contributed by atoms with Crippen LogP contribution in [0.1, 0.15) is 24.8 Å². The maximum Gasteiger partial charge on any atom is 0.307 e. The fourth-order valence-electron chi connectivity index (χ4n) is 2.72. The molecule has 25 heavy (non-hydrogen) atoms. The molecule has 1 aromatic carbocycles. The van der Waals surface area contributed by atoms with Crippen LogP contribution in [0.5, 0.6) is 5.75 Å². The third-order valence-electron chi connectivity index (χ3n) is 4.12. The van der Waals surface area contributed by atoms with E-state index in [0.29, 0.717) is 18.8 Å². The van der Waals surface area contributed by atoms with Crippen molar-refractivity contribution in [1.29, 1.82) is 0 Å². The highest BCUT2D eigenvalue weighted by molar-refractivity contribution is 5.92. The Morgan fingerprint density at radius 1 is 1.32 bits per heavy atom. The molecule has 0 N–H and O–H groups in total. The average molecular weight is 347 g/mol. The van der Waals surface area contributed by atoms with Gasteiger partial charge in [0.15, 0.2) is 0 Å². The van der Waals surface area contributed by atoms with E-state index in [9.17, 15) is 9.59 Å². The van der Waals surface area contributed by atoms with E-state index < -0.39 is 0 Å². The molecule has 1 aliphatic heterocycles. The zero-order valence-electron chi connectivity index (χ0n) is 14.8. The van der Waals surface area contributed by atoms with Gasteiger partial charge in [0.05, 0.1) is 26.7 Å². The number of para-hydroxylation sites is 1. The molecule has 1 heterocycles. The van der Waals surface area contributed by atoms with Crippen molar-refractivity contribution in [1.82, 2.24) is 4.90 Å². The summed E-state index contributed by atoms with van der Waals surface area (Å²) in [6.45, 7) is 1.51. The number of rotatable bonds is 8. The largest absolute Gasteiger partial charge is 0.496 e. The van der Waals surface area contributed by atoms with Gasteiger partial charge in [0.25, 0.3) is 0 Å². The molecule has 1 aromatic rings. The Kier molecular flexibility index (Phi) is 7.47. The summed E-state index contributed by atoms with van der Waals surface area (Å²) >= 11 is 0. The maximum atomic E-state index is 12.6. The molecule has 1 fully saturated rings. The van der Waals surface area contributed by atoms with Crippen LogP contribution in [0.3, 0.4) is 0 Å². The first-order chi connectivity index (χ1) is 12.1. The molecule has 2 rings (SSSR count). The summed E-state index contributed by atoms with van der Waals surface area (Å²) in [6, 6.07) is 7.47. The van der Waals surface area contributed by atoms with E-state index in [-0.39, 0.29) is 24.4 Å². The number of hydrogen-bond donors (Lipinski definition) is 0. The van der Waals surface area contributed by atoms with Gasteiger partial charge in [-0.05, 0) is 25.0 Å². The van der Waals surface area contributed by atoms with Crippen molar-refractivity contribution in [3.8, 4) is 5.75 Å². The number of esters is 1. The van der Waals surface area contributed by atoms with E-state index in [1.165, 1.54) is 13.2 Å². The molecule has 0 spiro atoms. The van der Waals surface area contributed by atoms with Gasteiger partial charge in [0, 0.05) is 31.3 Å². The second-order valence-corrected chi connectivity index (χ2v) is 5.82. The summed E-state index contributed by atoms with van der Waals surface area (Å²) in [4.78, 5) is 25.6. The number of benzene rings is 1. The molecule has 1 aliphatic rings. The molecule has 6 nitrogen and oxygen atoms in total. The van der Waals surface area contributed by atoms with Crippen LogP contribution in [0.4, 0.5) is 0 Å². The first-order valence-corrected chi connectivity index (χ1v) is 8.42. The summed E-state index contributed by atoms with van der Waals surface area (Å²) in [5.41, 5.74) is 0.823. The first kappa shape index (κ1) is 19.0. The molecule has 0 unspecified atom stereocenters. The second-order valence-electron chi connectivity index (χ2n) is 5.82. The van der Waals surface area contributed by atoms with E-state index >= 15 is 0 Å². The Labute approximate surface area is 148 Å². The van der Waals surface area contributed by atoms with Gasteiger partial charge in [-0.25, -0.2) is 0 Å². The van der Waals surface area contributed by atoms with Crippen molar-refractivity contribution in [2.75, 3.05) is 33.9 Å². The topological polar surface area (TPSA) is 65.1 Å². The molecule has 0 bridgehead atoms. The minimum atomic E-state index is -0.334. The fraction of sp³-hybridized carbons (Fsp3) is 0.474. The minimum Gasteiger partial charge on any atom is -0.496 e. The molecule has 0 saturated carbocycles. The van der Waals surface area contributed by atoms with Crippen LogP contribution in [-0.4, -0.2) is 56.8 Å². The number of carbonyl (C=O) groups excluding carboxylic acids is 2. The van der Waals surface area contributed by atoms with Gasteiger partial charge in [-0.3, -0.25) is 9.59 Å². The van der Waals surface area contributed by atoms with Crippen LogP contribution in [0.2, 0.25) is 0 Å². The van der Waals surface area contributed by atoms with Crippen LogP contribution in [0.15, 0.2) is 30.3 Å². The van der Waals surface area contributed by atoms with Crippen molar-refractivity contribution in [3.63, 3.8) is 0 Å². The first-order valence-electron chi connectivity index (χ1n) is 8.42. The monoisotopic (exact) mass is 347 g/mol. The number of amides is 1. The van der Waals surface area contributed by atoms with Crippen LogP contribution < -0.4 is 4.74 Å². The third-order valence-corrected chi connectivity index (χ3v) is 4.12. The van der Waals surface area contributed by atoms with Crippen LogP contribution in [0, 0.1) is 0 Å². The van der Waals surface area contributed by atoms with Gasteiger partial charge in [0.2, 0.25) is 5.91 Å². The Hall–Kier alpha value is -2.34. The second kappa shape index (κ2) is 9.84. The van der Waals surface area contributed by atoms with Crippen molar-refractivity contribution < 1.29 is 23.8 Å². The molecular weight excluding hydrogens is 322 g/mol. The predicted molar refractivity (Wildman–Crippen MR) is 94.2 cm³/mol. The lowest BCUT2D eigenvalue weighted by Crippen LogP contribution is -2.37. The van der Waals surface area contributed by atoms with Crippen molar-refractivity contribution >= 4 is 18.0 Å². The van der Waals surface area contributed by atoms with Crippen molar-refractivity contribution in [2.24, 2.45) is 0 Å². The predicted octanol–water partition coefficient (Wildman–Crippen LogP) is 2.28. The Morgan fingerprint density at radius 3 is 2.80 bits per heavy atom. The van der Waals surface area contributed by atoms with Crippen LogP contribution in [0.25, 0.3) is 6.08 Å². The Morgan fingerprint density at radius 2 is 2.12 bits per heavy atom. The number of nitrogens with zero attached hydrogens (tertiary/aromatic N) is 1. The Balaban J connectivity index is 2.04. The summed E-state index contributed by atoms with van der Waals surface area (Å²) in [5, 5.41) is 0. The number of methoxy groups -OCH3 is 2. The van der Waals surface area contributed by atoms with Gasteiger partial charge in [0.1, 0.15) is 5.75 Å². The SMILES string of the molecule is COC(=O)CCN(C[C@@H]1CCCO1)C(=O)/C=C/c1ccccc1OC. The summed E-state index contributed by atoms with van der Waals surface area (Å²) in [6.07, 6.45) is 5.35. The normalized spacial score (nSPS) is 16.8. The number of carbonyl (C=O) groups is 2. The summed E-state index contributed by atoms with van der Waals surface area (Å²) in [7, 11) is 2.94. The van der Waals surface area contributed by atoms with E-state index in [1.807, 2.05) is 24.3 Å². The van der Waals surface area contributed by atoms with E-state index in [0.717, 1.165) is 25.0 Å². The van der Waals surface area contributed by atoms with Crippen LogP contribution >= 0.6 is 0 Å². The van der Waals surface area contributed by atoms with Gasteiger partial charge < -0.3 is 19.1 Å². The van der Waals surface area contributed by atoms with Crippen molar-refractivity contribution in [3.05, 3.63) is 35.9 Å². The maximum absolute atomic E-state index is 12.6. The number of ether oxygens (including phenoxy) is 3. The molecule has 1 saturated heterocycles. The van der Waals surface area contributed by atoms with Gasteiger partial charge >= 0.3 is 5.97 Å². The van der Waals surface area contributed by atoms with Crippen molar-refractivity contribution in [2.45, 2.75) is 25.4 Å². The zero-order chi connectivity index (χ0) is 18.1.